The Hall–Kier alpha value is -2.80. The first-order chi connectivity index (χ1) is 11.8. The lowest BCUT2D eigenvalue weighted by atomic mass is 10.1. The molecule has 0 radical (unpaired) electrons. The third-order valence-electron chi connectivity index (χ3n) is 3.91. The Labute approximate surface area is 143 Å². The van der Waals surface area contributed by atoms with E-state index in [0.29, 0.717) is 17.6 Å². The molecule has 0 unspecified atom stereocenters. The number of fused-ring (bicyclic) bond motifs is 1. The Kier molecular flexibility index (Phi) is 4.50. The van der Waals surface area contributed by atoms with Crippen LogP contribution in [-0.4, -0.2) is 39.6 Å². The van der Waals surface area contributed by atoms with Crippen molar-refractivity contribution in [2.24, 2.45) is 0 Å². The van der Waals surface area contributed by atoms with Crippen molar-refractivity contribution in [2.75, 3.05) is 14.1 Å². The minimum absolute atomic E-state index is 0.0433. The van der Waals surface area contributed by atoms with Gasteiger partial charge in [-0.05, 0) is 31.8 Å². The first-order valence-corrected chi connectivity index (χ1v) is 7.65. The molecule has 3 rings (SSSR count). The fourth-order valence-electron chi connectivity index (χ4n) is 2.81. The maximum Gasteiger partial charge on any atom is 0.354 e. The maximum absolute atomic E-state index is 14.0. The zero-order chi connectivity index (χ0) is 18.1. The molecule has 0 spiro atoms. The number of benzene rings is 1. The van der Waals surface area contributed by atoms with Gasteiger partial charge in [-0.15, -0.1) is 0 Å². The highest BCUT2D eigenvalue weighted by Gasteiger charge is 2.15. The highest BCUT2D eigenvalue weighted by molar-refractivity contribution is 5.92. The van der Waals surface area contributed by atoms with E-state index in [1.54, 1.807) is 4.57 Å². The third-order valence-corrected chi connectivity index (χ3v) is 3.91. The zero-order valence-electron chi connectivity index (χ0n) is 13.8. The average Bonchev–Trinajstić information content (AvgIpc) is 2.86. The van der Waals surface area contributed by atoms with Gasteiger partial charge in [0.25, 0.3) is 0 Å². The van der Waals surface area contributed by atoms with Gasteiger partial charge in [-0.25, -0.2) is 18.6 Å². The highest BCUT2D eigenvalue weighted by atomic mass is 19.1. The van der Waals surface area contributed by atoms with Gasteiger partial charge in [0.15, 0.2) is 0 Å². The van der Waals surface area contributed by atoms with Crippen LogP contribution in [0.2, 0.25) is 0 Å². The Morgan fingerprint density at radius 2 is 2.00 bits per heavy atom. The van der Waals surface area contributed by atoms with Crippen molar-refractivity contribution < 1.29 is 18.7 Å². The van der Waals surface area contributed by atoms with Gasteiger partial charge in [-0.2, -0.15) is 0 Å². The summed E-state index contributed by atoms with van der Waals surface area (Å²) in [5, 5.41) is 9.91. The Balaban J connectivity index is 2.09. The van der Waals surface area contributed by atoms with E-state index < -0.39 is 17.6 Å². The van der Waals surface area contributed by atoms with Crippen LogP contribution in [0, 0.1) is 11.6 Å². The fraction of sp³-hybridized carbons (Fsp3) is 0.222. The largest absolute Gasteiger partial charge is 0.477 e. The Morgan fingerprint density at radius 1 is 1.24 bits per heavy atom. The second kappa shape index (κ2) is 6.60. The summed E-state index contributed by atoms with van der Waals surface area (Å²) in [4.78, 5) is 17.1. The number of carbonyl (C=O) groups is 1. The quantitative estimate of drug-likeness (QED) is 0.772. The number of aromatic carboxylic acids is 1. The van der Waals surface area contributed by atoms with Crippen LogP contribution in [0.5, 0.6) is 0 Å². The number of carboxylic acid groups (broad SMARTS) is 1. The molecule has 0 aliphatic carbocycles. The van der Waals surface area contributed by atoms with Crippen molar-refractivity contribution >= 4 is 16.9 Å². The standard InChI is InChI=1S/C18H17F2N3O2/c1-22(2)8-12-10-23(9-11-3-4-13(19)5-15(11)20)17-7-21-16(18(24)25)6-14(12)17/h3-7,10H,8-9H2,1-2H3,(H,24,25). The average molecular weight is 345 g/mol. The topological polar surface area (TPSA) is 58.4 Å². The zero-order valence-corrected chi connectivity index (χ0v) is 13.8. The van der Waals surface area contributed by atoms with Gasteiger partial charge in [-0.1, -0.05) is 6.07 Å². The smallest absolute Gasteiger partial charge is 0.354 e. The number of hydrogen-bond acceptors (Lipinski definition) is 3. The van der Waals surface area contributed by atoms with Gasteiger partial charge < -0.3 is 14.6 Å². The summed E-state index contributed by atoms with van der Waals surface area (Å²) in [6.45, 7) is 0.794. The van der Waals surface area contributed by atoms with Gasteiger partial charge in [0, 0.05) is 29.8 Å². The van der Waals surface area contributed by atoms with E-state index in [-0.39, 0.29) is 12.2 Å². The monoisotopic (exact) mass is 345 g/mol. The molecule has 0 saturated heterocycles. The van der Waals surface area contributed by atoms with Crippen molar-refractivity contribution in [1.29, 1.82) is 0 Å². The van der Waals surface area contributed by atoms with Crippen LogP contribution in [0.15, 0.2) is 36.7 Å². The Morgan fingerprint density at radius 3 is 2.64 bits per heavy atom. The molecule has 1 aromatic carbocycles. The van der Waals surface area contributed by atoms with Crippen LogP contribution in [0.1, 0.15) is 21.6 Å². The SMILES string of the molecule is CN(C)Cc1cn(Cc2ccc(F)cc2F)c2cnc(C(=O)O)cc12. The number of rotatable bonds is 5. The van der Waals surface area contributed by atoms with E-state index in [4.69, 9.17) is 5.11 Å². The lowest BCUT2D eigenvalue weighted by Gasteiger charge is -2.08. The van der Waals surface area contributed by atoms with Crippen molar-refractivity contribution in [3.8, 4) is 0 Å². The van der Waals surface area contributed by atoms with Crippen LogP contribution < -0.4 is 0 Å². The molecular formula is C18H17F2N3O2. The normalized spacial score (nSPS) is 11.4. The maximum atomic E-state index is 14.0. The van der Waals surface area contributed by atoms with Gasteiger partial charge in [0.05, 0.1) is 18.3 Å². The summed E-state index contributed by atoms with van der Waals surface area (Å²) in [5.41, 5.74) is 1.91. The minimum atomic E-state index is -1.10. The van der Waals surface area contributed by atoms with E-state index in [1.807, 2.05) is 25.2 Å². The molecule has 0 fully saturated rings. The number of carboxylic acids is 1. The summed E-state index contributed by atoms with van der Waals surface area (Å²) in [7, 11) is 3.81. The van der Waals surface area contributed by atoms with Crippen molar-refractivity contribution in [1.82, 2.24) is 14.5 Å². The molecular weight excluding hydrogens is 328 g/mol. The van der Waals surface area contributed by atoms with Crippen LogP contribution in [0.4, 0.5) is 8.78 Å². The molecule has 1 N–H and O–H groups in total. The van der Waals surface area contributed by atoms with Gasteiger partial charge in [-0.3, -0.25) is 0 Å². The molecule has 2 heterocycles. The second-order valence-corrected chi connectivity index (χ2v) is 6.15. The van der Waals surface area contributed by atoms with E-state index >= 15 is 0 Å². The number of aromatic nitrogens is 2. The van der Waals surface area contributed by atoms with Gasteiger partial charge >= 0.3 is 5.97 Å². The predicted molar refractivity (Wildman–Crippen MR) is 89.5 cm³/mol. The van der Waals surface area contributed by atoms with E-state index in [0.717, 1.165) is 17.0 Å². The molecule has 2 aromatic heterocycles. The predicted octanol–water partition coefficient (Wildman–Crippen LogP) is 3.12. The van der Waals surface area contributed by atoms with E-state index in [1.165, 1.54) is 24.4 Å². The molecule has 5 nitrogen and oxygen atoms in total. The van der Waals surface area contributed by atoms with Gasteiger partial charge in [0.2, 0.25) is 0 Å². The highest BCUT2D eigenvalue weighted by Crippen LogP contribution is 2.24. The van der Waals surface area contributed by atoms with Crippen molar-refractivity contribution in [3.63, 3.8) is 0 Å². The van der Waals surface area contributed by atoms with Crippen LogP contribution >= 0.6 is 0 Å². The molecule has 25 heavy (non-hydrogen) atoms. The molecule has 0 aliphatic rings. The lowest BCUT2D eigenvalue weighted by Crippen LogP contribution is -2.10. The molecule has 0 aliphatic heterocycles. The molecule has 0 atom stereocenters. The number of hydrogen-bond donors (Lipinski definition) is 1. The Bertz CT molecular complexity index is 951. The van der Waals surface area contributed by atoms with E-state index in [2.05, 4.69) is 4.98 Å². The molecule has 3 aromatic rings. The van der Waals surface area contributed by atoms with E-state index in [9.17, 15) is 13.6 Å². The lowest BCUT2D eigenvalue weighted by molar-refractivity contribution is 0.0690. The minimum Gasteiger partial charge on any atom is -0.477 e. The van der Waals surface area contributed by atoms with Crippen LogP contribution in [0.25, 0.3) is 10.9 Å². The summed E-state index contributed by atoms with van der Waals surface area (Å²) in [5.74, 6) is -2.35. The number of pyridine rings is 1. The summed E-state index contributed by atoms with van der Waals surface area (Å²) in [6.07, 6.45) is 3.32. The van der Waals surface area contributed by atoms with Crippen molar-refractivity contribution in [2.45, 2.75) is 13.1 Å². The first-order valence-electron chi connectivity index (χ1n) is 7.65. The fourth-order valence-corrected chi connectivity index (χ4v) is 2.81. The number of nitrogens with zero attached hydrogens (tertiary/aromatic N) is 3. The molecule has 0 saturated carbocycles. The molecule has 7 heteroatoms. The summed E-state index contributed by atoms with van der Waals surface area (Å²) < 4.78 is 28.9. The molecule has 0 amide bonds. The second-order valence-electron chi connectivity index (χ2n) is 6.15. The van der Waals surface area contributed by atoms with Crippen LogP contribution in [-0.2, 0) is 13.1 Å². The molecule has 0 bridgehead atoms. The first kappa shape index (κ1) is 17.0. The molecule has 130 valence electrons. The van der Waals surface area contributed by atoms with Gasteiger partial charge in [0.1, 0.15) is 17.3 Å². The summed E-state index contributed by atoms with van der Waals surface area (Å²) >= 11 is 0. The third kappa shape index (κ3) is 3.51. The van der Waals surface area contributed by atoms with Crippen molar-refractivity contribution in [3.05, 3.63) is 65.1 Å². The summed E-state index contributed by atoms with van der Waals surface area (Å²) in [6, 6.07) is 4.99. The van der Waals surface area contributed by atoms with Crippen LogP contribution in [0.3, 0.4) is 0 Å². The number of halogens is 2.